The smallest absolute Gasteiger partial charge is 0.408 e. The molecule has 1 fully saturated rings. The minimum absolute atomic E-state index is 0.0386. The molecule has 0 bridgehead atoms. The third kappa shape index (κ3) is 3.22. The molecule has 3 N–H and O–H groups in total. The second-order valence-corrected chi connectivity index (χ2v) is 3.62. The van der Waals surface area contributed by atoms with Crippen LogP contribution in [-0.4, -0.2) is 18.8 Å². The van der Waals surface area contributed by atoms with Gasteiger partial charge in [0.05, 0.1) is 6.17 Å². The first kappa shape index (κ1) is 10.9. The van der Waals surface area contributed by atoms with Crippen molar-refractivity contribution in [3.05, 3.63) is 35.9 Å². The van der Waals surface area contributed by atoms with E-state index >= 15 is 0 Å². The van der Waals surface area contributed by atoms with Gasteiger partial charge < -0.3 is 10.1 Å². The van der Waals surface area contributed by atoms with E-state index < -0.39 is 6.09 Å². The number of nitrogens with one attached hydrogen (secondary N) is 3. The maximum absolute atomic E-state index is 11.4. The Balaban J connectivity index is 1.71. The van der Waals surface area contributed by atoms with Gasteiger partial charge in [-0.2, -0.15) is 0 Å². The standard InChI is InChI=1S/C11H15N3O2/c15-11(13-10-6-7-12-14-10)16-8-9-4-2-1-3-5-9/h1-5,10,12,14H,6-8H2,(H,13,15). The predicted molar refractivity (Wildman–Crippen MR) is 59.3 cm³/mol. The third-order valence-corrected chi connectivity index (χ3v) is 2.34. The summed E-state index contributed by atoms with van der Waals surface area (Å²) in [6.07, 6.45) is 0.425. The van der Waals surface area contributed by atoms with Gasteiger partial charge in [-0.05, 0) is 12.0 Å². The summed E-state index contributed by atoms with van der Waals surface area (Å²) in [6.45, 7) is 1.15. The van der Waals surface area contributed by atoms with Gasteiger partial charge in [0.15, 0.2) is 0 Å². The fraction of sp³-hybridized carbons (Fsp3) is 0.364. The lowest BCUT2D eigenvalue weighted by atomic mass is 10.2. The van der Waals surface area contributed by atoms with Gasteiger partial charge in [0.25, 0.3) is 0 Å². The number of hydrazine groups is 1. The average Bonchev–Trinajstić information content (AvgIpc) is 2.81. The molecule has 1 unspecified atom stereocenters. The lowest BCUT2D eigenvalue weighted by molar-refractivity contribution is 0.134. The van der Waals surface area contributed by atoms with Crippen LogP contribution in [0.15, 0.2) is 30.3 Å². The molecule has 1 aliphatic rings. The van der Waals surface area contributed by atoms with E-state index in [0.717, 1.165) is 18.5 Å². The molecule has 86 valence electrons. The molecule has 0 radical (unpaired) electrons. The molecule has 5 nitrogen and oxygen atoms in total. The second-order valence-electron chi connectivity index (χ2n) is 3.62. The summed E-state index contributed by atoms with van der Waals surface area (Å²) in [6, 6.07) is 9.60. The molecule has 1 saturated heterocycles. The van der Waals surface area contributed by atoms with Crippen LogP contribution in [0.1, 0.15) is 12.0 Å². The van der Waals surface area contributed by atoms with Gasteiger partial charge in [-0.3, -0.25) is 5.43 Å². The van der Waals surface area contributed by atoms with Gasteiger partial charge in [0.1, 0.15) is 6.61 Å². The highest BCUT2D eigenvalue weighted by Crippen LogP contribution is 2.01. The van der Waals surface area contributed by atoms with E-state index in [1.807, 2.05) is 30.3 Å². The first-order valence-electron chi connectivity index (χ1n) is 5.30. The second kappa shape index (κ2) is 5.48. The molecule has 1 aromatic rings. The van der Waals surface area contributed by atoms with Gasteiger partial charge in [0.2, 0.25) is 0 Å². The van der Waals surface area contributed by atoms with Crippen LogP contribution in [0.2, 0.25) is 0 Å². The molecule has 1 aromatic carbocycles. The predicted octanol–water partition coefficient (Wildman–Crippen LogP) is 0.737. The Morgan fingerprint density at radius 3 is 2.94 bits per heavy atom. The molecule has 1 amide bonds. The van der Waals surface area contributed by atoms with Crippen molar-refractivity contribution in [2.45, 2.75) is 19.2 Å². The Morgan fingerprint density at radius 2 is 2.25 bits per heavy atom. The monoisotopic (exact) mass is 221 g/mol. The van der Waals surface area contributed by atoms with Crippen LogP contribution in [0.5, 0.6) is 0 Å². The van der Waals surface area contributed by atoms with Crippen LogP contribution in [0.3, 0.4) is 0 Å². The fourth-order valence-electron chi connectivity index (χ4n) is 1.50. The normalized spacial score (nSPS) is 19.4. The summed E-state index contributed by atoms with van der Waals surface area (Å²) >= 11 is 0. The van der Waals surface area contributed by atoms with Crippen molar-refractivity contribution in [1.82, 2.24) is 16.2 Å². The van der Waals surface area contributed by atoms with Crippen molar-refractivity contribution >= 4 is 6.09 Å². The lowest BCUT2D eigenvalue weighted by Gasteiger charge is -2.12. The molecule has 1 atom stereocenters. The molecule has 0 saturated carbocycles. The zero-order valence-electron chi connectivity index (χ0n) is 8.90. The molecule has 1 aliphatic heterocycles. The van der Waals surface area contributed by atoms with Crippen molar-refractivity contribution in [1.29, 1.82) is 0 Å². The van der Waals surface area contributed by atoms with E-state index in [4.69, 9.17) is 4.74 Å². The van der Waals surface area contributed by atoms with Gasteiger partial charge >= 0.3 is 6.09 Å². The summed E-state index contributed by atoms with van der Waals surface area (Å²) in [5.41, 5.74) is 6.84. The molecule has 16 heavy (non-hydrogen) atoms. The fourth-order valence-corrected chi connectivity index (χ4v) is 1.50. The third-order valence-electron chi connectivity index (χ3n) is 2.34. The Labute approximate surface area is 94.1 Å². The minimum Gasteiger partial charge on any atom is -0.445 e. The number of benzene rings is 1. The van der Waals surface area contributed by atoms with E-state index in [1.165, 1.54) is 0 Å². The average molecular weight is 221 g/mol. The zero-order chi connectivity index (χ0) is 11.2. The van der Waals surface area contributed by atoms with Gasteiger partial charge in [-0.15, -0.1) is 0 Å². The van der Waals surface area contributed by atoms with Crippen molar-refractivity contribution < 1.29 is 9.53 Å². The van der Waals surface area contributed by atoms with E-state index in [2.05, 4.69) is 16.2 Å². The molecule has 0 spiro atoms. The van der Waals surface area contributed by atoms with Gasteiger partial charge in [0, 0.05) is 6.54 Å². The van der Waals surface area contributed by atoms with Gasteiger partial charge in [-0.25, -0.2) is 10.2 Å². The first-order valence-corrected chi connectivity index (χ1v) is 5.30. The largest absolute Gasteiger partial charge is 0.445 e. The van der Waals surface area contributed by atoms with Gasteiger partial charge in [-0.1, -0.05) is 30.3 Å². The highest BCUT2D eigenvalue weighted by Gasteiger charge is 2.16. The number of carbonyl (C=O) groups excluding carboxylic acids is 1. The number of hydrogen-bond donors (Lipinski definition) is 3. The van der Waals surface area contributed by atoms with Crippen LogP contribution in [0.4, 0.5) is 4.79 Å². The van der Waals surface area contributed by atoms with Crippen molar-refractivity contribution in [3.8, 4) is 0 Å². The molecule has 2 rings (SSSR count). The quantitative estimate of drug-likeness (QED) is 0.704. The number of rotatable bonds is 3. The minimum atomic E-state index is -0.398. The van der Waals surface area contributed by atoms with Crippen LogP contribution < -0.4 is 16.2 Å². The maximum Gasteiger partial charge on any atom is 0.408 e. The van der Waals surface area contributed by atoms with Crippen LogP contribution in [0.25, 0.3) is 0 Å². The number of amides is 1. The first-order chi connectivity index (χ1) is 7.84. The molecule has 5 heteroatoms. The molecular weight excluding hydrogens is 206 g/mol. The molecule has 1 heterocycles. The van der Waals surface area contributed by atoms with E-state index in [1.54, 1.807) is 0 Å². The SMILES string of the molecule is O=C(NC1CCNN1)OCc1ccccc1. The van der Waals surface area contributed by atoms with E-state index in [-0.39, 0.29) is 6.17 Å². The Morgan fingerprint density at radius 1 is 1.44 bits per heavy atom. The Kier molecular flexibility index (Phi) is 3.74. The number of hydrogen-bond acceptors (Lipinski definition) is 4. The van der Waals surface area contributed by atoms with Crippen molar-refractivity contribution in [2.75, 3.05) is 6.54 Å². The number of alkyl carbamates (subject to hydrolysis) is 1. The summed E-state index contributed by atoms with van der Waals surface area (Å²) in [5.74, 6) is 0. The lowest BCUT2D eigenvalue weighted by Crippen LogP contribution is -2.44. The summed E-state index contributed by atoms with van der Waals surface area (Å²) in [7, 11) is 0. The molecule has 0 aliphatic carbocycles. The Hall–Kier alpha value is -1.59. The topological polar surface area (TPSA) is 62.4 Å². The van der Waals surface area contributed by atoms with Crippen molar-refractivity contribution in [3.63, 3.8) is 0 Å². The van der Waals surface area contributed by atoms with Crippen LogP contribution >= 0.6 is 0 Å². The highest BCUT2D eigenvalue weighted by atomic mass is 16.5. The van der Waals surface area contributed by atoms with Crippen LogP contribution in [0, 0.1) is 0 Å². The van der Waals surface area contributed by atoms with Crippen molar-refractivity contribution in [2.24, 2.45) is 0 Å². The highest BCUT2D eigenvalue weighted by molar-refractivity contribution is 5.67. The van der Waals surface area contributed by atoms with E-state index in [9.17, 15) is 4.79 Å². The van der Waals surface area contributed by atoms with Crippen LogP contribution in [-0.2, 0) is 11.3 Å². The molecule has 0 aromatic heterocycles. The number of ether oxygens (including phenoxy) is 1. The summed E-state index contributed by atoms with van der Waals surface area (Å²) in [4.78, 5) is 11.4. The number of carbonyl (C=O) groups is 1. The summed E-state index contributed by atoms with van der Waals surface area (Å²) < 4.78 is 5.07. The maximum atomic E-state index is 11.4. The summed E-state index contributed by atoms with van der Waals surface area (Å²) in [5, 5.41) is 2.71. The Bertz CT molecular complexity index is 336. The zero-order valence-corrected chi connectivity index (χ0v) is 8.90. The van der Waals surface area contributed by atoms with E-state index in [0.29, 0.717) is 6.61 Å². The molecular formula is C11H15N3O2.